The molecule has 3 heterocycles. The van der Waals surface area contributed by atoms with Crippen molar-refractivity contribution in [2.24, 2.45) is 17.4 Å². The lowest BCUT2D eigenvalue weighted by Gasteiger charge is -2.42. The van der Waals surface area contributed by atoms with Gasteiger partial charge in [-0.05, 0) is 6.92 Å². The molecular formula is C14H19N5O7S. The Morgan fingerprint density at radius 2 is 2.04 bits per heavy atom. The molecule has 2 fully saturated rings. The summed E-state index contributed by atoms with van der Waals surface area (Å²) in [6, 6.07) is -1.12. The van der Waals surface area contributed by atoms with Gasteiger partial charge in [-0.2, -0.15) is 0 Å². The van der Waals surface area contributed by atoms with Crippen LogP contribution in [0.4, 0.5) is 4.79 Å². The number of quaternary nitrogens is 1. The number of ether oxygens (including phenoxy) is 1. The number of fused-ring (bicyclic) bond motifs is 4. The lowest BCUT2D eigenvalue weighted by atomic mass is 9.84. The van der Waals surface area contributed by atoms with E-state index in [1.807, 2.05) is 0 Å². The third-order valence-corrected chi connectivity index (χ3v) is 7.11. The molecule has 1 aliphatic carbocycles. The molecule has 1 amide bonds. The number of carbonyl (C=O) groups is 3. The maximum Gasteiger partial charge on any atom is 0.404 e. The first-order valence-electron chi connectivity index (χ1n) is 7.74. The van der Waals surface area contributed by atoms with E-state index in [1.54, 1.807) is 0 Å². The van der Waals surface area contributed by atoms with Crippen molar-refractivity contribution in [3.63, 3.8) is 0 Å². The number of rotatable bonds is 3. The van der Waals surface area contributed by atoms with Crippen LogP contribution in [0.3, 0.4) is 0 Å². The average Bonchev–Trinajstić information content (AvgIpc) is 3.11. The molecule has 9 N–H and O–H groups in total. The second kappa shape index (κ2) is 5.51. The summed E-state index contributed by atoms with van der Waals surface area (Å²) in [5.74, 6) is -2.74. The van der Waals surface area contributed by atoms with Crippen LogP contribution in [0, 0.1) is 5.92 Å². The lowest BCUT2D eigenvalue weighted by Crippen LogP contribution is -2.59. The first-order valence-corrected chi connectivity index (χ1v) is 9.15. The Hall–Kier alpha value is -2.48. The fraction of sp³-hybridized carbons (Fsp3) is 0.500. The quantitative estimate of drug-likeness (QED) is 0.223. The fourth-order valence-electron chi connectivity index (χ4n) is 4.40. The molecule has 4 aliphatic rings. The van der Waals surface area contributed by atoms with Gasteiger partial charge in [0, 0.05) is 23.7 Å². The average molecular weight is 401 g/mol. The lowest BCUT2D eigenvalue weighted by molar-refractivity contribution is -0.117. The number of nitrogens with zero attached hydrogens (tertiary/aromatic N) is 1. The Bertz CT molecular complexity index is 955. The van der Waals surface area contributed by atoms with E-state index in [1.165, 1.54) is 11.8 Å². The first-order chi connectivity index (χ1) is 12.0. The Morgan fingerprint density at radius 3 is 2.59 bits per heavy atom. The van der Waals surface area contributed by atoms with Crippen LogP contribution in [0.2, 0.25) is 0 Å². The summed E-state index contributed by atoms with van der Waals surface area (Å²) < 4.78 is 41.8. The summed E-state index contributed by atoms with van der Waals surface area (Å²) in [6.45, 7) is 0.779. The summed E-state index contributed by atoms with van der Waals surface area (Å²) in [5, 5.41) is 2.88. The molecule has 4 atom stereocenters. The number of allylic oxidation sites excluding steroid dienone is 2. The Labute approximate surface area is 153 Å². The van der Waals surface area contributed by atoms with Crippen LogP contribution >= 0.6 is 0 Å². The Morgan fingerprint density at radius 1 is 1.41 bits per heavy atom. The van der Waals surface area contributed by atoms with Crippen LogP contribution in [0.1, 0.15) is 6.92 Å². The molecule has 0 aromatic rings. The number of amides is 1. The standard InChI is InChI=1S/C14H16N4O7S.H3N/c1-4-8(15)11(20)7-5(3-25-13(16)21)14(26(22,23)24)12-6(17-12)2-18(14)9(7)10(4)19;/h5-6,12,17H,2-3,15H2,1H3,(H2,16,21)(H,22,23,24);1H3/t5-,6+,12+,14-;/m1./s1. The number of hydrogen-bond acceptors (Lipinski definition) is 10. The van der Waals surface area contributed by atoms with Crippen molar-refractivity contribution in [1.29, 1.82) is 0 Å². The predicted molar refractivity (Wildman–Crippen MR) is 88.8 cm³/mol. The predicted octanol–water partition coefficient (Wildman–Crippen LogP) is -2.38. The van der Waals surface area contributed by atoms with Gasteiger partial charge in [-0.25, -0.2) is 13.2 Å². The number of carbonyl (C=O) groups excluding carboxylic acids is 3. The molecule has 0 unspecified atom stereocenters. The van der Waals surface area contributed by atoms with E-state index in [9.17, 15) is 27.4 Å². The van der Waals surface area contributed by atoms with Gasteiger partial charge in [0.05, 0.1) is 23.4 Å². The first kappa shape index (κ1) is 19.3. The van der Waals surface area contributed by atoms with Crippen molar-refractivity contribution in [2.75, 3.05) is 13.2 Å². The van der Waals surface area contributed by atoms with Gasteiger partial charge in [-0.3, -0.25) is 9.59 Å². The molecule has 0 aromatic heterocycles. The fourth-order valence-corrected chi connectivity index (χ4v) is 5.91. The molecule has 13 heteroatoms. The minimum atomic E-state index is -5.07. The van der Waals surface area contributed by atoms with Crippen molar-refractivity contribution >= 4 is 27.8 Å². The molecule has 4 rings (SSSR count). The van der Waals surface area contributed by atoms with E-state index in [0.29, 0.717) is 0 Å². The molecule has 148 valence electrons. The summed E-state index contributed by atoms with van der Waals surface area (Å²) in [5.41, 5.74) is 9.96. The smallest absolute Gasteiger partial charge is 0.404 e. The van der Waals surface area contributed by atoms with Gasteiger partial charge in [-0.1, -0.05) is 0 Å². The Kier molecular flexibility index (Phi) is 3.94. The van der Waals surface area contributed by atoms with Crippen LogP contribution in [0.5, 0.6) is 0 Å². The second-order valence-corrected chi connectivity index (χ2v) is 8.27. The highest BCUT2D eigenvalue weighted by molar-refractivity contribution is 7.87. The molecule has 0 radical (unpaired) electrons. The molecule has 12 nitrogen and oxygen atoms in total. The van der Waals surface area contributed by atoms with Crippen LogP contribution in [-0.2, 0) is 24.4 Å². The summed E-state index contributed by atoms with van der Waals surface area (Å²) in [4.78, 5) is 35.6. The van der Waals surface area contributed by atoms with Gasteiger partial charge < -0.3 is 37.1 Å². The number of nitrogens with two attached hydrogens (primary N) is 2. The van der Waals surface area contributed by atoms with Crippen molar-refractivity contribution in [2.45, 2.75) is 23.9 Å². The SMILES string of the molecule is CC1=C(N)C(=O)C2=C(C1=O)N1C[C@@H]3N[C@@H]3[C@]1(S(=O)(=O)[O-])[C@@H]2COC(N)=O.[NH4+]. The molecule has 0 bridgehead atoms. The van der Waals surface area contributed by atoms with Gasteiger partial charge >= 0.3 is 6.09 Å². The van der Waals surface area contributed by atoms with E-state index >= 15 is 0 Å². The second-order valence-electron chi connectivity index (χ2n) is 6.71. The third kappa shape index (κ3) is 2.13. The molecule has 27 heavy (non-hydrogen) atoms. The van der Waals surface area contributed by atoms with Crippen LogP contribution in [-0.4, -0.2) is 65.6 Å². The number of Topliss-reactive ketones (excluding diaryl/α,β-unsaturated/α-hetero) is 2. The maximum absolute atomic E-state index is 12.7. The molecule has 0 spiro atoms. The van der Waals surface area contributed by atoms with Crippen molar-refractivity contribution in [3.8, 4) is 0 Å². The molecule has 2 saturated heterocycles. The van der Waals surface area contributed by atoms with E-state index in [2.05, 4.69) is 5.32 Å². The number of ketones is 2. The largest absolute Gasteiger partial charge is 0.746 e. The highest BCUT2D eigenvalue weighted by Gasteiger charge is 2.75. The zero-order chi connectivity index (χ0) is 19.2. The summed E-state index contributed by atoms with van der Waals surface area (Å²) >= 11 is 0. The highest BCUT2D eigenvalue weighted by Crippen LogP contribution is 2.57. The topological polar surface area (TPSA) is 231 Å². The van der Waals surface area contributed by atoms with Crippen LogP contribution < -0.4 is 22.9 Å². The zero-order valence-corrected chi connectivity index (χ0v) is 15.3. The van der Waals surface area contributed by atoms with Gasteiger partial charge in [-0.15, -0.1) is 0 Å². The summed E-state index contributed by atoms with van der Waals surface area (Å²) in [7, 11) is -5.07. The van der Waals surface area contributed by atoms with Crippen molar-refractivity contribution in [1.82, 2.24) is 16.4 Å². The molecular weight excluding hydrogens is 382 g/mol. The maximum atomic E-state index is 12.7. The van der Waals surface area contributed by atoms with E-state index in [4.69, 9.17) is 16.2 Å². The molecule has 0 saturated carbocycles. The summed E-state index contributed by atoms with van der Waals surface area (Å²) in [6.07, 6.45) is -1.20. The zero-order valence-electron chi connectivity index (χ0n) is 14.5. The van der Waals surface area contributed by atoms with Gasteiger partial charge in [0.2, 0.25) is 11.6 Å². The van der Waals surface area contributed by atoms with Crippen molar-refractivity contribution in [3.05, 3.63) is 22.5 Å². The number of primary amides is 1. The third-order valence-electron chi connectivity index (χ3n) is 5.55. The van der Waals surface area contributed by atoms with Gasteiger partial charge in [0.1, 0.15) is 16.7 Å². The minimum Gasteiger partial charge on any atom is -0.746 e. The van der Waals surface area contributed by atoms with E-state index < -0.39 is 51.2 Å². The van der Waals surface area contributed by atoms with Crippen LogP contribution in [0.25, 0.3) is 0 Å². The molecule has 0 aromatic carbocycles. The van der Waals surface area contributed by atoms with E-state index in [-0.39, 0.29) is 41.3 Å². The highest BCUT2D eigenvalue weighted by atomic mass is 32.2. The number of nitrogens with one attached hydrogen (secondary N) is 1. The number of hydrogen-bond donors (Lipinski definition) is 4. The minimum absolute atomic E-state index is 0. The van der Waals surface area contributed by atoms with E-state index in [0.717, 1.165) is 0 Å². The Balaban J connectivity index is 0.00000210. The number of piperazine rings is 1. The van der Waals surface area contributed by atoms with Crippen molar-refractivity contribution < 1.29 is 32.1 Å². The monoisotopic (exact) mass is 401 g/mol. The molecule has 3 aliphatic heterocycles. The van der Waals surface area contributed by atoms with Gasteiger partial charge in [0.15, 0.2) is 4.87 Å². The van der Waals surface area contributed by atoms with Crippen LogP contribution in [0.15, 0.2) is 22.5 Å². The normalized spacial score (nSPS) is 34.1. The van der Waals surface area contributed by atoms with Gasteiger partial charge in [0.25, 0.3) is 0 Å².